The van der Waals surface area contributed by atoms with Gasteiger partial charge >= 0.3 is 0 Å². The Balaban J connectivity index is 1.78. The molecule has 5 heteroatoms. The molecule has 0 aliphatic heterocycles. The molecule has 23 heavy (non-hydrogen) atoms. The van der Waals surface area contributed by atoms with Crippen LogP contribution in [0, 0.1) is 6.92 Å². The van der Waals surface area contributed by atoms with Crippen LogP contribution in [0.25, 0.3) is 11.0 Å². The molecule has 2 aromatic heterocycles. The summed E-state index contributed by atoms with van der Waals surface area (Å²) >= 11 is 0. The zero-order valence-electron chi connectivity index (χ0n) is 13.6. The molecule has 0 spiro atoms. The fourth-order valence-electron chi connectivity index (χ4n) is 2.81. The van der Waals surface area contributed by atoms with Crippen LogP contribution >= 0.6 is 0 Å². The Morgan fingerprint density at radius 2 is 2.13 bits per heavy atom. The summed E-state index contributed by atoms with van der Waals surface area (Å²) < 4.78 is 2.22. The number of rotatable bonds is 4. The number of aryl methyl sites for hydroxylation is 1. The number of hydrogen-bond acceptors (Lipinski definition) is 3. The second-order valence-electron chi connectivity index (χ2n) is 5.87. The van der Waals surface area contributed by atoms with Crippen molar-refractivity contribution in [3.63, 3.8) is 0 Å². The lowest BCUT2D eigenvalue weighted by Gasteiger charge is -2.11. The van der Waals surface area contributed by atoms with Gasteiger partial charge in [-0.2, -0.15) is 0 Å². The van der Waals surface area contributed by atoms with Gasteiger partial charge in [0.05, 0.1) is 16.6 Å². The number of carbonyl (C=O) groups is 1. The summed E-state index contributed by atoms with van der Waals surface area (Å²) in [5.41, 5.74) is 3.68. The molecule has 5 nitrogen and oxygen atoms in total. The molecule has 118 valence electrons. The average Bonchev–Trinajstić information content (AvgIpc) is 2.88. The number of amides is 1. The van der Waals surface area contributed by atoms with Crippen LogP contribution in [0.15, 0.2) is 42.7 Å². The van der Waals surface area contributed by atoms with E-state index in [-0.39, 0.29) is 5.91 Å². The number of benzene rings is 1. The minimum absolute atomic E-state index is 0.123. The maximum Gasteiger partial charge on any atom is 0.253 e. The van der Waals surface area contributed by atoms with Crippen molar-refractivity contribution in [2.24, 2.45) is 0 Å². The number of carbonyl (C=O) groups excluding carboxylic acids is 1. The molecule has 3 rings (SSSR count). The quantitative estimate of drug-likeness (QED) is 0.805. The van der Waals surface area contributed by atoms with Gasteiger partial charge in [-0.3, -0.25) is 9.78 Å². The topological polar surface area (TPSA) is 59.8 Å². The highest BCUT2D eigenvalue weighted by Crippen LogP contribution is 2.21. The van der Waals surface area contributed by atoms with Crippen LogP contribution in [0.3, 0.4) is 0 Å². The molecule has 1 amide bonds. The molecule has 0 saturated heterocycles. The Kier molecular flexibility index (Phi) is 4.10. The predicted molar refractivity (Wildman–Crippen MR) is 90.3 cm³/mol. The van der Waals surface area contributed by atoms with Crippen molar-refractivity contribution in [2.45, 2.75) is 33.4 Å². The van der Waals surface area contributed by atoms with Crippen LogP contribution in [-0.2, 0) is 6.54 Å². The summed E-state index contributed by atoms with van der Waals surface area (Å²) in [6, 6.07) is 10.0. The molecule has 0 fully saturated rings. The van der Waals surface area contributed by atoms with Crippen molar-refractivity contribution in [3.05, 3.63) is 59.7 Å². The van der Waals surface area contributed by atoms with Crippen LogP contribution in [0.1, 0.15) is 41.6 Å². The van der Waals surface area contributed by atoms with Crippen LogP contribution in [0.4, 0.5) is 0 Å². The smallest absolute Gasteiger partial charge is 0.253 e. The Hall–Kier alpha value is -2.69. The number of nitrogens with one attached hydrogen (secondary N) is 1. The minimum atomic E-state index is -0.123. The Labute approximate surface area is 135 Å². The van der Waals surface area contributed by atoms with Gasteiger partial charge in [0, 0.05) is 25.0 Å². The third kappa shape index (κ3) is 3.08. The van der Waals surface area contributed by atoms with Gasteiger partial charge in [0.1, 0.15) is 5.82 Å². The van der Waals surface area contributed by atoms with E-state index in [1.807, 2.05) is 19.1 Å². The van der Waals surface area contributed by atoms with Gasteiger partial charge in [-0.1, -0.05) is 6.07 Å². The predicted octanol–water partition coefficient (Wildman–Crippen LogP) is 3.25. The highest BCUT2D eigenvalue weighted by molar-refractivity contribution is 5.93. The van der Waals surface area contributed by atoms with Gasteiger partial charge in [-0.25, -0.2) is 4.98 Å². The van der Waals surface area contributed by atoms with E-state index in [0.29, 0.717) is 18.2 Å². The summed E-state index contributed by atoms with van der Waals surface area (Å²) in [5, 5.41) is 2.91. The summed E-state index contributed by atoms with van der Waals surface area (Å²) in [6.07, 6.45) is 3.21. The molecule has 0 unspecified atom stereocenters. The molecule has 1 N–H and O–H groups in total. The fraction of sp³-hybridized carbons (Fsp3) is 0.278. The fourth-order valence-corrected chi connectivity index (χ4v) is 2.81. The van der Waals surface area contributed by atoms with Crippen LogP contribution < -0.4 is 5.32 Å². The van der Waals surface area contributed by atoms with E-state index in [2.05, 4.69) is 39.8 Å². The highest BCUT2D eigenvalue weighted by Gasteiger charge is 2.11. The molecule has 0 bridgehead atoms. The molecule has 0 aliphatic carbocycles. The molecule has 3 aromatic rings. The molecule has 0 saturated carbocycles. The lowest BCUT2D eigenvalue weighted by molar-refractivity contribution is 0.0950. The standard InChI is InChI=1S/C18H20N4O/c1-12(2)22-13(3)21-16-9-14(6-7-17(16)22)10-20-18(23)15-5-4-8-19-11-15/h4-9,11-12H,10H2,1-3H3,(H,20,23). The van der Waals surface area contributed by atoms with Gasteiger partial charge in [-0.15, -0.1) is 0 Å². The molecule has 0 atom stereocenters. The Bertz CT molecular complexity index is 837. The summed E-state index contributed by atoms with van der Waals surface area (Å²) in [7, 11) is 0. The zero-order chi connectivity index (χ0) is 16.4. The van der Waals surface area contributed by atoms with Gasteiger partial charge < -0.3 is 9.88 Å². The number of fused-ring (bicyclic) bond motifs is 1. The first-order valence-electron chi connectivity index (χ1n) is 7.72. The first-order valence-corrected chi connectivity index (χ1v) is 7.72. The molecular weight excluding hydrogens is 288 g/mol. The second kappa shape index (κ2) is 6.20. The Morgan fingerprint density at radius 1 is 1.30 bits per heavy atom. The van der Waals surface area contributed by atoms with E-state index >= 15 is 0 Å². The lowest BCUT2D eigenvalue weighted by Crippen LogP contribution is -2.22. The van der Waals surface area contributed by atoms with E-state index in [0.717, 1.165) is 22.4 Å². The largest absolute Gasteiger partial charge is 0.348 e. The van der Waals surface area contributed by atoms with Crippen LogP contribution in [0.5, 0.6) is 0 Å². The van der Waals surface area contributed by atoms with Crippen molar-refractivity contribution >= 4 is 16.9 Å². The molecule has 1 aromatic carbocycles. The summed E-state index contributed by atoms with van der Waals surface area (Å²) in [4.78, 5) is 20.6. The van der Waals surface area contributed by atoms with Crippen molar-refractivity contribution < 1.29 is 4.79 Å². The van der Waals surface area contributed by atoms with E-state index in [9.17, 15) is 4.79 Å². The zero-order valence-corrected chi connectivity index (χ0v) is 13.6. The first-order chi connectivity index (χ1) is 11.1. The minimum Gasteiger partial charge on any atom is -0.348 e. The van der Waals surface area contributed by atoms with Gasteiger partial charge in [0.2, 0.25) is 0 Å². The van der Waals surface area contributed by atoms with Crippen molar-refractivity contribution in [1.82, 2.24) is 19.9 Å². The summed E-state index contributed by atoms with van der Waals surface area (Å²) in [6.45, 7) is 6.79. The Morgan fingerprint density at radius 3 is 2.83 bits per heavy atom. The second-order valence-corrected chi connectivity index (χ2v) is 5.87. The number of pyridine rings is 1. The number of imidazole rings is 1. The number of nitrogens with zero attached hydrogens (tertiary/aromatic N) is 3. The van der Waals surface area contributed by atoms with Gasteiger partial charge in [0.25, 0.3) is 5.91 Å². The first kappa shape index (κ1) is 15.2. The maximum atomic E-state index is 12.1. The van der Waals surface area contributed by atoms with Crippen molar-refractivity contribution in [3.8, 4) is 0 Å². The van der Waals surface area contributed by atoms with E-state index in [4.69, 9.17) is 0 Å². The lowest BCUT2D eigenvalue weighted by atomic mass is 10.2. The van der Waals surface area contributed by atoms with Crippen molar-refractivity contribution in [2.75, 3.05) is 0 Å². The normalized spacial score (nSPS) is 11.1. The number of aromatic nitrogens is 3. The van der Waals surface area contributed by atoms with Crippen LogP contribution in [-0.4, -0.2) is 20.4 Å². The third-order valence-corrected chi connectivity index (χ3v) is 3.82. The average molecular weight is 308 g/mol. The van der Waals surface area contributed by atoms with E-state index in [1.165, 1.54) is 0 Å². The van der Waals surface area contributed by atoms with Gasteiger partial charge in [-0.05, 0) is 50.6 Å². The highest BCUT2D eigenvalue weighted by atomic mass is 16.1. The van der Waals surface area contributed by atoms with Crippen molar-refractivity contribution in [1.29, 1.82) is 0 Å². The molecule has 2 heterocycles. The summed E-state index contributed by atoms with van der Waals surface area (Å²) in [5.74, 6) is 0.883. The van der Waals surface area contributed by atoms with Crippen LogP contribution in [0.2, 0.25) is 0 Å². The number of hydrogen-bond donors (Lipinski definition) is 1. The molecule has 0 radical (unpaired) electrons. The monoisotopic (exact) mass is 308 g/mol. The van der Waals surface area contributed by atoms with Gasteiger partial charge in [0.15, 0.2) is 0 Å². The van der Waals surface area contributed by atoms with E-state index in [1.54, 1.807) is 24.5 Å². The maximum absolute atomic E-state index is 12.1. The molecular formula is C18H20N4O. The van der Waals surface area contributed by atoms with E-state index < -0.39 is 0 Å². The SMILES string of the molecule is Cc1nc2cc(CNC(=O)c3cccnc3)ccc2n1C(C)C. The third-order valence-electron chi connectivity index (χ3n) is 3.82. The molecule has 0 aliphatic rings.